The van der Waals surface area contributed by atoms with Gasteiger partial charge in [0, 0.05) is 18.3 Å². The first kappa shape index (κ1) is 15.5. The van der Waals surface area contributed by atoms with E-state index >= 15 is 0 Å². The van der Waals surface area contributed by atoms with Crippen molar-refractivity contribution in [1.82, 2.24) is 20.1 Å². The van der Waals surface area contributed by atoms with Gasteiger partial charge in [-0.1, -0.05) is 18.5 Å². The Morgan fingerprint density at radius 2 is 2.25 bits per heavy atom. The van der Waals surface area contributed by atoms with Gasteiger partial charge in [0.25, 0.3) is 0 Å². The Morgan fingerprint density at radius 1 is 1.45 bits per heavy atom. The molecule has 0 aromatic carbocycles. The van der Waals surface area contributed by atoms with Gasteiger partial charge < -0.3 is 5.32 Å². The van der Waals surface area contributed by atoms with Crippen LogP contribution in [0.25, 0.3) is 0 Å². The number of nitrogens with zero attached hydrogens (tertiary/aromatic N) is 3. The number of rotatable bonds is 7. The van der Waals surface area contributed by atoms with Crippen molar-refractivity contribution in [2.75, 3.05) is 6.54 Å². The van der Waals surface area contributed by atoms with Crippen molar-refractivity contribution in [3.8, 4) is 0 Å². The molecule has 1 atom stereocenters. The summed E-state index contributed by atoms with van der Waals surface area (Å²) in [6.07, 6.45) is 3.66. The molecule has 2 heterocycles. The molecule has 0 amide bonds. The second-order valence-corrected chi connectivity index (χ2v) is 6.23. The van der Waals surface area contributed by atoms with Crippen LogP contribution in [0.1, 0.15) is 42.7 Å². The number of hydrogen-bond donors (Lipinski definition) is 1. The van der Waals surface area contributed by atoms with Crippen LogP contribution in [0.2, 0.25) is 5.02 Å². The molecule has 0 aliphatic heterocycles. The summed E-state index contributed by atoms with van der Waals surface area (Å²) in [6.45, 7) is 8.06. The highest BCUT2D eigenvalue weighted by Gasteiger charge is 2.20. The van der Waals surface area contributed by atoms with Gasteiger partial charge in [-0.25, -0.2) is 4.98 Å². The molecule has 1 unspecified atom stereocenters. The highest BCUT2D eigenvalue weighted by molar-refractivity contribution is 7.09. The molecule has 20 heavy (non-hydrogen) atoms. The Bertz CT molecular complexity index is 549. The highest BCUT2D eigenvalue weighted by Crippen LogP contribution is 2.26. The SMILES string of the molecule is CCCNC(Cc1csc(C)n1)c1c(Cl)cnn1CC. The lowest BCUT2D eigenvalue weighted by atomic mass is 10.1. The molecule has 0 aliphatic rings. The van der Waals surface area contributed by atoms with E-state index in [2.05, 4.69) is 34.6 Å². The van der Waals surface area contributed by atoms with Gasteiger partial charge in [0.15, 0.2) is 0 Å². The molecular formula is C14H21ClN4S. The first-order chi connectivity index (χ1) is 9.65. The van der Waals surface area contributed by atoms with Crippen LogP contribution in [0, 0.1) is 6.92 Å². The summed E-state index contributed by atoms with van der Waals surface area (Å²) in [5.41, 5.74) is 2.18. The van der Waals surface area contributed by atoms with Crippen LogP contribution in [-0.4, -0.2) is 21.3 Å². The number of halogens is 1. The van der Waals surface area contributed by atoms with Gasteiger partial charge in [-0.2, -0.15) is 5.10 Å². The van der Waals surface area contributed by atoms with Crippen LogP contribution in [0.15, 0.2) is 11.6 Å². The zero-order valence-electron chi connectivity index (χ0n) is 12.2. The van der Waals surface area contributed by atoms with E-state index in [1.54, 1.807) is 17.5 Å². The molecule has 1 N–H and O–H groups in total. The predicted molar refractivity (Wildman–Crippen MR) is 84.5 cm³/mol. The molecule has 4 nitrogen and oxygen atoms in total. The van der Waals surface area contributed by atoms with Gasteiger partial charge in [-0.15, -0.1) is 11.3 Å². The largest absolute Gasteiger partial charge is 0.308 e. The average Bonchev–Trinajstić information content (AvgIpc) is 3.00. The summed E-state index contributed by atoms with van der Waals surface area (Å²) in [4.78, 5) is 4.56. The summed E-state index contributed by atoms with van der Waals surface area (Å²) in [7, 11) is 0. The van der Waals surface area contributed by atoms with E-state index in [9.17, 15) is 0 Å². The van der Waals surface area contributed by atoms with E-state index in [0.717, 1.165) is 47.3 Å². The van der Waals surface area contributed by atoms with Gasteiger partial charge in [-0.05, 0) is 26.8 Å². The summed E-state index contributed by atoms with van der Waals surface area (Å²) in [5.74, 6) is 0. The lowest BCUT2D eigenvalue weighted by Crippen LogP contribution is -2.27. The quantitative estimate of drug-likeness (QED) is 0.849. The van der Waals surface area contributed by atoms with Crippen LogP contribution in [-0.2, 0) is 13.0 Å². The average molecular weight is 313 g/mol. The first-order valence-electron chi connectivity index (χ1n) is 7.01. The third-order valence-corrected chi connectivity index (χ3v) is 4.30. The van der Waals surface area contributed by atoms with Crippen molar-refractivity contribution < 1.29 is 0 Å². The smallest absolute Gasteiger partial charge is 0.0897 e. The van der Waals surface area contributed by atoms with E-state index in [-0.39, 0.29) is 6.04 Å². The van der Waals surface area contributed by atoms with Gasteiger partial charge in [0.2, 0.25) is 0 Å². The minimum atomic E-state index is 0.159. The van der Waals surface area contributed by atoms with Crippen LogP contribution in [0.4, 0.5) is 0 Å². The fourth-order valence-electron chi connectivity index (χ4n) is 2.27. The van der Waals surface area contributed by atoms with E-state index in [4.69, 9.17) is 11.6 Å². The van der Waals surface area contributed by atoms with Crippen molar-refractivity contribution in [1.29, 1.82) is 0 Å². The van der Waals surface area contributed by atoms with Gasteiger partial charge in [-0.3, -0.25) is 4.68 Å². The van der Waals surface area contributed by atoms with Crippen molar-refractivity contribution >= 4 is 22.9 Å². The zero-order chi connectivity index (χ0) is 14.5. The standard InChI is InChI=1S/C14H21ClN4S/c1-4-6-16-13(7-11-9-20-10(3)18-11)14-12(15)8-17-19(14)5-2/h8-9,13,16H,4-7H2,1-3H3. The van der Waals surface area contributed by atoms with Gasteiger partial charge >= 0.3 is 0 Å². The maximum absolute atomic E-state index is 6.33. The summed E-state index contributed by atoms with van der Waals surface area (Å²) < 4.78 is 1.97. The van der Waals surface area contributed by atoms with Crippen molar-refractivity contribution in [2.24, 2.45) is 0 Å². The van der Waals surface area contributed by atoms with Crippen LogP contribution in [0.5, 0.6) is 0 Å². The second-order valence-electron chi connectivity index (χ2n) is 4.76. The number of nitrogens with one attached hydrogen (secondary N) is 1. The number of aryl methyl sites for hydroxylation is 2. The topological polar surface area (TPSA) is 42.7 Å². The molecule has 6 heteroatoms. The van der Waals surface area contributed by atoms with Crippen LogP contribution in [0.3, 0.4) is 0 Å². The Hall–Kier alpha value is -0.910. The minimum absolute atomic E-state index is 0.159. The van der Waals surface area contributed by atoms with Gasteiger partial charge in [0.1, 0.15) is 0 Å². The molecule has 0 radical (unpaired) electrons. The zero-order valence-corrected chi connectivity index (χ0v) is 13.8. The highest BCUT2D eigenvalue weighted by atomic mass is 35.5. The summed E-state index contributed by atoms with van der Waals surface area (Å²) >= 11 is 8.02. The third kappa shape index (κ3) is 3.59. The monoisotopic (exact) mass is 312 g/mol. The van der Waals surface area contributed by atoms with Crippen molar-refractivity contribution in [3.63, 3.8) is 0 Å². The Kier molecular flexibility index (Phi) is 5.57. The van der Waals surface area contributed by atoms with E-state index in [1.165, 1.54) is 0 Å². The maximum Gasteiger partial charge on any atom is 0.0897 e. The molecule has 0 fully saturated rings. The molecule has 2 rings (SSSR count). The predicted octanol–water partition coefficient (Wildman–Crippen LogP) is 3.60. The van der Waals surface area contributed by atoms with Crippen LogP contribution >= 0.6 is 22.9 Å². The molecular weight excluding hydrogens is 292 g/mol. The Balaban J connectivity index is 2.24. The second kappa shape index (κ2) is 7.20. The van der Waals surface area contributed by atoms with E-state index in [1.807, 2.05) is 11.6 Å². The Labute approximate surface area is 129 Å². The van der Waals surface area contributed by atoms with E-state index in [0.29, 0.717) is 0 Å². The lowest BCUT2D eigenvalue weighted by Gasteiger charge is -2.19. The Morgan fingerprint density at radius 3 is 2.85 bits per heavy atom. The first-order valence-corrected chi connectivity index (χ1v) is 8.27. The third-order valence-electron chi connectivity index (χ3n) is 3.18. The van der Waals surface area contributed by atoms with Crippen molar-refractivity contribution in [2.45, 2.75) is 46.2 Å². The summed E-state index contributed by atoms with van der Waals surface area (Å²) in [6, 6.07) is 0.159. The fourth-order valence-corrected chi connectivity index (χ4v) is 3.16. The molecule has 110 valence electrons. The lowest BCUT2D eigenvalue weighted by molar-refractivity contribution is 0.476. The molecule has 0 spiro atoms. The molecule has 0 saturated carbocycles. The van der Waals surface area contributed by atoms with Crippen molar-refractivity contribution in [3.05, 3.63) is 33.0 Å². The maximum atomic E-state index is 6.33. The fraction of sp³-hybridized carbons (Fsp3) is 0.571. The molecule has 2 aromatic rings. The number of aromatic nitrogens is 3. The van der Waals surface area contributed by atoms with Gasteiger partial charge in [0.05, 0.1) is 33.7 Å². The number of hydrogen-bond acceptors (Lipinski definition) is 4. The van der Waals surface area contributed by atoms with Crippen LogP contribution < -0.4 is 5.32 Å². The molecule has 2 aromatic heterocycles. The normalized spacial score (nSPS) is 12.8. The van der Waals surface area contributed by atoms with E-state index < -0.39 is 0 Å². The number of thiazole rings is 1. The molecule has 0 bridgehead atoms. The minimum Gasteiger partial charge on any atom is -0.308 e. The molecule has 0 saturated heterocycles. The summed E-state index contributed by atoms with van der Waals surface area (Å²) in [5, 5.41) is 11.9. The molecule has 0 aliphatic carbocycles.